The van der Waals surface area contributed by atoms with Crippen molar-refractivity contribution in [1.82, 2.24) is 9.78 Å². The van der Waals surface area contributed by atoms with Crippen molar-refractivity contribution < 1.29 is 4.79 Å². The van der Waals surface area contributed by atoms with Crippen LogP contribution in [0.4, 0.5) is 5.82 Å². The fourth-order valence-corrected chi connectivity index (χ4v) is 2.51. The van der Waals surface area contributed by atoms with E-state index >= 15 is 0 Å². The maximum atomic E-state index is 12.3. The molecule has 1 N–H and O–H groups in total. The normalized spacial score (nSPS) is 10.5. The minimum Gasteiger partial charge on any atom is -0.307 e. The second-order valence-electron chi connectivity index (χ2n) is 4.96. The van der Waals surface area contributed by atoms with Gasteiger partial charge in [0.1, 0.15) is 5.82 Å². The summed E-state index contributed by atoms with van der Waals surface area (Å²) in [6, 6.07) is 16.5. The van der Waals surface area contributed by atoms with Crippen LogP contribution in [0.1, 0.15) is 15.9 Å². The van der Waals surface area contributed by atoms with Gasteiger partial charge in [-0.1, -0.05) is 39.7 Å². The van der Waals surface area contributed by atoms with Gasteiger partial charge < -0.3 is 5.32 Å². The summed E-state index contributed by atoms with van der Waals surface area (Å²) in [4.78, 5) is 12.3. The SMILES string of the molecule is O=C(Nc1ccnn1Cc1ccc(Br)cc1)c1ccc(Cl)cc1. The molecule has 116 valence electrons. The summed E-state index contributed by atoms with van der Waals surface area (Å²) in [7, 11) is 0. The number of halogens is 2. The standard InChI is InChI=1S/C17H13BrClN3O/c18-14-5-1-12(2-6-14)11-22-16(9-10-20-22)21-17(23)13-3-7-15(19)8-4-13/h1-10H,11H2,(H,21,23). The number of amides is 1. The predicted octanol–water partition coefficient (Wildman–Crippen LogP) is 4.60. The number of benzene rings is 2. The molecule has 0 bridgehead atoms. The van der Waals surface area contributed by atoms with Crippen molar-refractivity contribution in [2.24, 2.45) is 0 Å². The summed E-state index contributed by atoms with van der Waals surface area (Å²) >= 11 is 9.25. The Bertz CT molecular complexity index is 813. The highest BCUT2D eigenvalue weighted by molar-refractivity contribution is 9.10. The van der Waals surface area contributed by atoms with Crippen LogP contribution < -0.4 is 5.32 Å². The van der Waals surface area contributed by atoms with E-state index in [-0.39, 0.29) is 5.91 Å². The zero-order valence-corrected chi connectivity index (χ0v) is 14.4. The fraction of sp³-hybridized carbons (Fsp3) is 0.0588. The van der Waals surface area contributed by atoms with Gasteiger partial charge in [0.25, 0.3) is 5.91 Å². The van der Waals surface area contributed by atoms with Crippen molar-refractivity contribution in [1.29, 1.82) is 0 Å². The topological polar surface area (TPSA) is 46.9 Å². The van der Waals surface area contributed by atoms with E-state index < -0.39 is 0 Å². The first-order valence-electron chi connectivity index (χ1n) is 6.95. The van der Waals surface area contributed by atoms with Crippen LogP contribution in [0.15, 0.2) is 65.3 Å². The molecule has 0 spiro atoms. The molecule has 23 heavy (non-hydrogen) atoms. The van der Waals surface area contributed by atoms with Crippen LogP contribution in [0, 0.1) is 0 Å². The number of aromatic nitrogens is 2. The number of rotatable bonds is 4. The Morgan fingerprint density at radius 2 is 1.78 bits per heavy atom. The van der Waals surface area contributed by atoms with Gasteiger partial charge in [0.05, 0.1) is 12.7 Å². The number of nitrogens with zero attached hydrogens (tertiary/aromatic N) is 2. The lowest BCUT2D eigenvalue weighted by Crippen LogP contribution is -2.16. The monoisotopic (exact) mass is 389 g/mol. The first kappa shape index (κ1) is 15.8. The zero-order valence-electron chi connectivity index (χ0n) is 12.0. The van der Waals surface area contributed by atoms with Crippen molar-refractivity contribution in [3.63, 3.8) is 0 Å². The summed E-state index contributed by atoms with van der Waals surface area (Å²) < 4.78 is 2.77. The average molecular weight is 391 g/mol. The van der Waals surface area contributed by atoms with Gasteiger partial charge in [-0.3, -0.25) is 4.79 Å². The van der Waals surface area contributed by atoms with Crippen LogP contribution in [0.5, 0.6) is 0 Å². The van der Waals surface area contributed by atoms with Crippen LogP contribution in [0.25, 0.3) is 0 Å². The molecular weight excluding hydrogens is 378 g/mol. The molecule has 0 aliphatic rings. The van der Waals surface area contributed by atoms with E-state index in [0.717, 1.165) is 10.0 Å². The van der Waals surface area contributed by atoms with E-state index in [1.165, 1.54) is 0 Å². The largest absolute Gasteiger partial charge is 0.307 e. The molecule has 3 rings (SSSR count). The van der Waals surface area contributed by atoms with E-state index in [2.05, 4.69) is 26.3 Å². The van der Waals surface area contributed by atoms with Gasteiger partial charge in [-0.2, -0.15) is 5.10 Å². The Balaban J connectivity index is 1.74. The Morgan fingerprint density at radius 3 is 2.48 bits per heavy atom. The number of hydrogen-bond acceptors (Lipinski definition) is 2. The molecule has 0 fully saturated rings. The molecule has 0 saturated heterocycles. The molecule has 0 saturated carbocycles. The molecule has 0 radical (unpaired) electrons. The van der Waals surface area contributed by atoms with Crippen LogP contribution in [-0.4, -0.2) is 15.7 Å². The summed E-state index contributed by atoms with van der Waals surface area (Å²) in [6.45, 7) is 0.580. The lowest BCUT2D eigenvalue weighted by molar-refractivity contribution is 0.102. The lowest BCUT2D eigenvalue weighted by Gasteiger charge is -2.09. The molecule has 0 unspecified atom stereocenters. The number of hydrogen-bond donors (Lipinski definition) is 1. The number of carbonyl (C=O) groups is 1. The van der Waals surface area contributed by atoms with Gasteiger partial charge in [-0.25, -0.2) is 4.68 Å². The maximum absolute atomic E-state index is 12.3. The molecule has 1 heterocycles. The van der Waals surface area contributed by atoms with E-state index in [0.29, 0.717) is 22.9 Å². The van der Waals surface area contributed by atoms with Crippen molar-refractivity contribution in [3.8, 4) is 0 Å². The molecule has 6 heteroatoms. The van der Waals surface area contributed by atoms with Crippen LogP contribution in [0.2, 0.25) is 5.02 Å². The summed E-state index contributed by atoms with van der Waals surface area (Å²) in [5.41, 5.74) is 1.64. The van der Waals surface area contributed by atoms with Crippen molar-refractivity contribution in [3.05, 3.63) is 81.4 Å². The Morgan fingerprint density at radius 1 is 1.09 bits per heavy atom. The molecule has 1 aromatic heterocycles. The molecule has 4 nitrogen and oxygen atoms in total. The molecule has 0 atom stereocenters. The van der Waals surface area contributed by atoms with Gasteiger partial charge in [0.15, 0.2) is 0 Å². The van der Waals surface area contributed by atoms with E-state index in [1.807, 2.05) is 24.3 Å². The van der Waals surface area contributed by atoms with Gasteiger partial charge >= 0.3 is 0 Å². The van der Waals surface area contributed by atoms with Crippen molar-refractivity contribution in [2.75, 3.05) is 5.32 Å². The van der Waals surface area contributed by atoms with Gasteiger partial charge in [0.2, 0.25) is 0 Å². The van der Waals surface area contributed by atoms with Crippen molar-refractivity contribution >= 4 is 39.3 Å². The molecule has 2 aromatic carbocycles. The Labute approximate surface area is 147 Å². The van der Waals surface area contributed by atoms with Crippen LogP contribution >= 0.6 is 27.5 Å². The number of nitrogens with one attached hydrogen (secondary N) is 1. The molecular formula is C17H13BrClN3O. The smallest absolute Gasteiger partial charge is 0.256 e. The number of carbonyl (C=O) groups excluding carboxylic acids is 1. The first-order chi connectivity index (χ1) is 11.1. The van der Waals surface area contributed by atoms with Crippen LogP contribution in [-0.2, 0) is 6.54 Å². The quantitative estimate of drug-likeness (QED) is 0.708. The second kappa shape index (κ2) is 6.98. The lowest BCUT2D eigenvalue weighted by atomic mass is 10.2. The zero-order chi connectivity index (χ0) is 16.2. The van der Waals surface area contributed by atoms with Crippen LogP contribution in [0.3, 0.4) is 0 Å². The minimum atomic E-state index is -0.195. The third-order valence-corrected chi connectivity index (χ3v) is 4.09. The van der Waals surface area contributed by atoms with Gasteiger partial charge in [0, 0.05) is 21.1 Å². The highest BCUT2D eigenvalue weighted by Crippen LogP contribution is 2.15. The minimum absolute atomic E-state index is 0.195. The van der Waals surface area contributed by atoms with Gasteiger partial charge in [-0.05, 0) is 42.0 Å². The predicted molar refractivity (Wildman–Crippen MR) is 94.9 cm³/mol. The summed E-state index contributed by atoms with van der Waals surface area (Å²) in [5, 5.41) is 7.73. The third kappa shape index (κ3) is 4.00. The van der Waals surface area contributed by atoms with Gasteiger partial charge in [-0.15, -0.1) is 0 Å². The van der Waals surface area contributed by atoms with E-state index in [1.54, 1.807) is 41.2 Å². The molecule has 3 aromatic rings. The third-order valence-electron chi connectivity index (χ3n) is 3.31. The summed E-state index contributed by atoms with van der Waals surface area (Å²) in [5.74, 6) is 0.451. The number of anilines is 1. The Hall–Kier alpha value is -2.11. The maximum Gasteiger partial charge on any atom is 0.256 e. The molecule has 0 aliphatic carbocycles. The molecule has 0 aliphatic heterocycles. The fourth-order valence-electron chi connectivity index (χ4n) is 2.12. The van der Waals surface area contributed by atoms with E-state index in [4.69, 9.17) is 11.6 Å². The first-order valence-corrected chi connectivity index (χ1v) is 8.12. The average Bonchev–Trinajstić information content (AvgIpc) is 2.97. The van der Waals surface area contributed by atoms with Crippen molar-refractivity contribution in [2.45, 2.75) is 6.54 Å². The Kier molecular flexibility index (Phi) is 4.79. The molecule has 1 amide bonds. The second-order valence-corrected chi connectivity index (χ2v) is 6.31. The summed E-state index contributed by atoms with van der Waals surface area (Å²) in [6.07, 6.45) is 1.66. The highest BCUT2D eigenvalue weighted by Gasteiger charge is 2.10. The van der Waals surface area contributed by atoms with E-state index in [9.17, 15) is 4.79 Å². The highest BCUT2D eigenvalue weighted by atomic mass is 79.9.